The molecule has 1 aliphatic rings. The van der Waals surface area contributed by atoms with E-state index in [0.717, 1.165) is 16.6 Å². The van der Waals surface area contributed by atoms with Crippen molar-refractivity contribution < 1.29 is 13.9 Å². The van der Waals surface area contributed by atoms with E-state index in [1.165, 1.54) is 24.3 Å². The molecule has 0 unspecified atom stereocenters. The van der Waals surface area contributed by atoms with Crippen LogP contribution in [0.3, 0.4) is 0 Å². The van der Waals surface area contributed by atoms with E-state index in [1.807, 2.05) is 48.7 Å². The van der Waals surface area contributed by atoms with Crippen molar-refractivity contribution in [1.29, 1.82) is 0 Å². The van der Waals surface area contributed by atoms with Gasteiger partial charge in [-0.1, -0.05) is 41.6 Å². The molecule has 2 aromatic carbocycles. The quantitative estimate of drug-likeness (QED) is 0.524. The lowest BCUT2D eigenvalue weighted by atomic mass is 10.1. The maximum Gasteiger partial charge on any atom is 0.254 e. The summed E-state index contributed by atoms with van der Waals surface area (Å²) in [6.45, 7) is 1.24. The number of benzene rings is 2. The van der Waals surface area contributed by atoms with Crippen LogP contribution in [-0.4, -0.2) is 45.3 Å². The first kappa shape index (κ1) is 18.4. The van der Waals surface area contributed by atoms with Crippen molar-refractivity contribution in [2.24, 2.45) is 0 Å². The summed E-state index contributed by atoms with van der Waals surface area (Å²) in [7, 11) is 0. The normalized spacial score (nSPS) is 16.7. The van der Waals surface area contributed by atoms with Crippen LogP contribution in [0.4, 0.5) is 4.39 Å². The number of amides is 1. The van der Waals surface area contributed by atoms with Crippen LogP contribution in [0, 0.1) is 5.82 Å². The van der Waals surface area contributed by atoms with Crippen LogP contribution < -0.4 is 0 Å². The van der Waals surface area contributed by atoms with E-state index < -0.39 is 0 Å². The molecule has 1 atom stereocenters. The average molecular weight is 402 g/mol. The minimum absolute atomic E-state index is 0.147. The first-order valence-corrected chi connectivity index (χ1v) is 9.76. The molecule has 4 aromatic rings. The van der Waals surface area contributed by atoms with Crippen molar-refractivity contribution in [2.45, 2.75) is 6.10 Å². The molecule has 1 saturated heterocycles. The zero-order valence-electron chi connectivity index (χ0n) is 16.1. The molecule has 150 valence electrons. The van der Waals surface area contributed by atoms with Crippen molar-refractivity contribution in [3.8, 4) is 11.1 Å². The fraction of sp³-hybridized carbons (Fsp3) is 0.174. The largest absolute Gasteiger partial charge is 0.368 e. The molecular formula is C23H19FN4O2. The second-order valence-electron chi connectivity index (χ2n) is 7.21. The Morgan fingerprint density at radius 1 is 1.00 bits per heavy atom. The number of hydrogen-bond donors (Lipinski definition) is 0. The van der Waals surface area contributed by atoms with Gasteiger partial charge in [-0.2, -0.15) is 0 Å². The molecule has 0 N–H and O–H groups in total. The summed E-state index contributed by atoms with van der Waals surface area (Å²) in [6, 6.07) is 19.7. The third kappa shape index (κ3) is 3.44. The Hall–Kier alpha value is -3.58. The molecule has 3 heterocycles. The third-order valence-electron chi connectivity index (χ3n) is 5.30. The molecule has 0 spiro atoms. The molecule has 5 rings (SSSR count). The highest BCUT2D eigenvalue weighted by Crippen LogP contribution is 2.27. The monoisotopic (exact) mass is 402 g/mol. The second-order valence-corrected chi connectivity index (χ2v) is 7.21. The van der Waals surface area contributed by atoms with Gasteiger partial charge in [-0.15, -0.1) is 5.10 Å². The van der Waals surface area contributed by atoms with E-state index in [1.54, 1.807) is 9.42 Å². The van der Waals surface area contributed by atoms with Gasteiger partial charge in [0.05, 0.1) is 18.7 Å². The van der Waals surface area contributed by atoms with Gasteiger partial charge in [-0.05, 0) is 35.9 Å². The minimum atomic E-state index is -0.372. The number of halogens is 1. The summed E-state index contributed by atoms with van der Waals surface area (Å²) in [5.41, 5.74) is 4.14. The van der Waals surface area contributed by atoms with Gasteiger partial charge < -0.3 is 9.64 Å². The molecule has 1 amide bonds. The number of morpholine rings is 1. The number of carbonyl (C=O) groups excluding carboxylic acids is 1. The van der Waals surface area contributed by atoms with E-state index in [4.69, 9.17) is 4.74 Å². The standard InChI is InChI=1S/C23H19FN4O2/c24-19-9-6-17(7-10-19)23(29)27-12-13-30-21(15-27)22-20-11-8-18(14-28(20)26-25-22)16-4-2-1-3-5-16/h1-11,14,21H,12-13,15H2/t21-/m1/s1. The second kappa shape index (κ2) is 7.68. The smallest absolute Gasteiger partial charge is 0.254 e. The van der Waals surface area contributed by atoms with Crippen molar-refractivity contribution >= 4 is 11.4 Å². The third-order valence-corrected chi connectivity index (χ3v) is 5.30. The molecule has 0 saturated carbocycles. The van der Waals surface area contributed by atoms with Crippen LogP contribution in [0.1, 0.15) is 22.2 Å². The number of carbonyl (C=O) groups is 1. The van der Waals surface area contributed by atoms with Crippen LogP contribution in [0.25, 0.3) is 16.6 Å². The molecule has 0 radical (unpaired) electrons. The molecule has 7 heteroatoms. The lowest BCUT2D eigenvalue weighted by molar-refractivity contribution is -0.0241. The topological polar surface area (TPSA) is 59.7 Å². The van der Waals surface area contributed by atoms with Crippen LogP contribution in [0.5, 0.6) is 0 Å². The fourth-order valence-corrected chi connectivity index (χ4v) is 3.72. The number of fused-ring (bicyclic) bond motifs is 1. The van der Waals surface area contributed by atoms with Gasteiger partial charge in [0.2, 0.25) is 0 Å². The highest BCUT2D eigenvalue weighted by atomic mass is 19.1. The Balaban J connectivity index is 1.39. The first-order valence-electron chi connectivity index (χ1n) is 9.76. The number of rotatable bonds is 3. The van der Waals surface area contributed by atoms with Gasteiger partial charge in [0.15, 0.2) is 0 Å². The predicted octanol–water partition coefficient (Wildman–Crippen LogP) is 3.75. The lowest BCUT2D eigenvalue weighted by Crippen LogP contribution is -2.42. The van der Waals surface area contributed by atoms with E-state index in [0.29, 0.717) is 31.0 Å². The number of hydrogen-bond acceptors (Lipinski definition) is 4. The van der Waals surface area contributed by atoms with Gasteiger partial charge in [0, 0.05) is 23.9 Å². The minimum Gasteiger partial charge on any atom is -0.368 e. The van der Waals surface area contributed by atoms with Crippen molar-refractivity contribution in [3.05, 3.63) is 90.0 Å². The van der Waals surface area contributed by atoms with Crippen molar-refractivity contribution in [2.75, 3.05) is 19.7 Å². The summed E-state index contributed by atoms with van der Waals surface area (Å²) >= 11 is 0. The Labute approximate surface area is 172 Å². The van der Waals surface area contributed by atoms with Gasteiger partial charge >= 0.3 is 0 Å². The summed E-state index contributed by atoms with van der Waals surface area (Å²) in [5.74, 6) is -0.511. The maximum absolute atomic E-state index is 13.2. The summed E-state index contributed by atoms with van der Waals surface area (Å²) in [5, 5.41) is 8.59. The SMILES string of the molecule is O=C(c1ccc(F)cc1)N1CCO[C@@H](c2nnn3cc(-c4ccccc4)ccc23)C1. The lowest BCUT2D eigenvalue weighted by Gasteiger charge is -2.32. The molecule has 0 bridgehead atoms. The Morgan fingerprint density at radius 2 is 1.80 bits per heavy atom. The highest BCUT2D eigenvalue weighted by Gasteiger charge is 2.29. The summed E-state index contributed by atoms with van der Waals surface area (Å²) in [4.78, 5) is 14.5. The number of ether oxygens (including phenoxy) is 1. The summed E-state index contributed by atoms with van der Waals surface area (Å²) in [6.07, 6.45) is 1.56. The number of pyridine rings is 1. The van der Waals surface area contributed by atoms with E-state index in [-0.39, 0.29) is 17.8 Å². The molecule has 1 aliphatic heterocycles. The van der Waals surface area contributed by atoms with Gasteiger partial charge in [-0.3, -0.25) is 4.79 Å². The predicted molar refractivity (Wildman–Crippen MR) is 109 cm³/mol. The molecule has 6 nitrogen and oxygen atoms in total. The highest BCUT2D eigenvalue weighted by molar-refractivity contribution is 5.94. The van der Waals surface area contributed by atoms with Gasteiger partial charge in [0.25, 0.3) is 5.91 Å². The van der Waals surface area contributed by atoms with Crippen LogP contribution in [0.15, 0.2) is 72.9 Å². The van der Waals surface area contributed by atoms with Gasteiger partial charge in [-0.25, -0.2) is 8.91 Å². The van der Waals surface area contributed by atoms with E-state index in [2.05, 4.69) is 10.3 Å². The van der Waals surface area contributed by atoms with Gasteiger partial charge in [0.1, 0.15) is 17.6 Å². The summed E-state index contributed by atoms with van der Waals surface area (Å²) < 4.78 is 20.8. The number of aromatic nitrogens is 3. The molecule has 30 heavy (non-hydrogen) atoms. The van der Waals surface area contributed by atoms with Crippen LogP contribution >= 0.6 is 0 Å². The zero-order chi connectivity index (χ0) is 20.5. The molecule has 1 fully saturated rings. The molecular weight excluding hydrogens is 383 g/mol. The first-order chi connectivity index (χ1) is 14.7. The van der Waals surface area contributed by atoms with Crippen LogP contribution in [-0.2, 0) is 4.74 Å². The van der Waals surface area contributed by atoms with Crippen molar-refractivity contribution in [3.63, 3.8) is 0 Å². The Morgan fingerprint density at radius 3 is 2.60 bits per heavy atom. The van der Waals surface area contributed by atoms with Crippen LogP contribution in [0.2, 0.25) is 0 Å². The average Bonchev–Trinajstić information content (AvgIpc) is 3.23. The Kier molecular flexibility index (Phi) is 4.72. The fourth-order valence-electron chi connectivity index (χ4n) is 3.72. The Bertz CT molecular complexity index is 1190. The van der Waals surface area contributed by atoms with Crippen molar-refractivity contribution in [1.82, 2.24) is 19.7 Å². The van der Waals surface area contributed by atoms with E-state index in [9.17, 15) is 9.18 Å². The molecule has 2 aromatic heterocycles. The van der Waals surface area contributed by atoms with E-state index >= 15 is 0 Å². The number of nitrogens with zero attached hydrogens (tertiary/aromatic N) is 4. The molecule has 0 aliphatic carbocycles. The maximum atomic E-state index is 13.2. The zero-order valence-corrected chi connectivity index (χ0v) is 16.1.